The molecule has 5 unspecified atom stereocenters. The smallest absolute Gasteiger partial charge is 0.0254 e. The van der Waals surface area contributed by atoms with Crippen molar-refractivity contribution in [3.8, 4) is 0 Å². The Balaban J connectivity index is 1.90. The topological polar surface area (TPSA) is 18.5 Å². The van der Waals surface area contributed by atoms with Crippen molar-refractivity contribution in [3.63, 3.8) is 0 Å². The molecule has 0 aromatic heterocycles. The molecule has 118 valence electrons. The number of likely N-dealkylation sites (N-methyl/N-ethyl adjacent to an activating group) is 1. The average Bonchev–Trinajstić information content (AvgIpc) is 2.74. The summed E-state index contributed by atoms with van der Waals surface area (Å²) < 4.78 is 0. The second-order valence-electron chi connectivity index (χ2n) is 7.57. The van der Waals surface area contributed by atoms with Crippen LogP contribution in [-0.4, -0.2) is 62.2 Å². The molecule has 1 aliphatic carbocycles. The zero-order valence-corrected chi connectivity index (χ0v) is 14.2. The van der Waals surface area contributed by atoms with Crippen molar-refractivity contribution in [1.82, 2.24) is 15.1 Å². The largest absolute Gasteiger partial charge is 0.314 e. The Kier molecular flexibility index (Phi) is 5.88. The highest BCUT2D eigenvalue weighted by Crippen LogP contribution is 2.31. The third-order valence-electron chi connectivity index (χ3n) is 5.52. The van der Waals surface area contributed by atoms with Crippen LogP contribution < -0.4 is 5.32 Å². The number of rotatable bonds is 5. The van der Waals surface area contributed by atoms with E-state index >= 15 is 0 Å². The fraction of sp³-hybridized carbons (Fsp3) is 1.00. The average molecular weight is 281 g/mol. The third kappa shape index (κ3) is 3.96. The van der Waals surface area contributed by atoms with Gasteiger partial charge in [-0.25, -0.2) is 0 Å². The highest BCUT2D eigenvalue weighted by molar-refractivity contribution is 4.91. The van der Waals surface area contributed by atoms with Crippen LogP contribution in [0.3, 0.4) is 0 Å². The summed E-state index contributed by atoms with van der Waals surface area (Å²) in [7, 11) is 4.46. The van der Waals surface area contributed by atoms with Gasteiger partial charge >= 0.3 is 0 Å². The Hall–Kier alpha value is -0.120. The van der Waals surface area contributed by atoms with Crippen molar-refractivity contribution in [2.24, 2.45) is 17.8 Å². The first-order valence-electron chi connectivity index (χ1n) is 8.63. The van der Waals surface area contributed by atoms with Gasteiger partial charge in [-0.15, -0.1) is 0 Å². The van der Waals surface area contributed by atoms with E-state index in [1.807, 2.05) is 0 Å². The zero-order chi connectivity index (χ0) is 14.7. The first kappa shape index (κ1) is 16.3. The molecule has 3 nitrogen and oxygen atoms in total. The van der Waals surface area contributed by atoms with Gasteiger partial charge in [0.1, 0.15) is 0 Å². The molecule has 1 saturated heterocycles. The van der Waals surface area contributed by atoms with Gasteiger partial charge in [0.15, 0.2) is 0 Å². The van der Waals surface area contributed by atoms with Crippen LogP contribution in [0.5, 0.6) is 0 Å². The fourth-order valence-electron chi connectivity index (χ4n) is 4.43. The molecule has 1 N–H and O–H groups in total. The van der Waals surface area contributed by atoms with Crippen molar-refractivity contribution in [1.29, 1.82) is 0 Å². The zero-order valence-electron chi connectivity index (χ0n) is 14.2. The molecular formula is C17H35N3. The molecule has 1 heterocycles. The van der Waals surface area contributed by atoms with Gasteiger partial charge in [0.25, 0.3) is 0 Å². The minimum Gasteiger partial charge on any atom is -0.314 e. The monoisotopic (exact) mass is 281 g/mol. The van der Waals surface area contributed by atoms with Crippen LogP contribution in [0, 0.1) is 17.8 Å². The van der Waals surface area contributed by atoms with E-state index in [2.05, 4.69) is 50.0 Å². The second-order valence-corrected chi connectivity index (χ2v) is 7.57. The lowest BCUT2D eigenvalue weighted by atomic mass is 9.78. The van der Waals surface area contributed by atoms with Crippen molar-refractivity contribution in [2.45, 2.75) is 52.1 Å². The van der Waals surface area contributed by atoms with E-state index in [4.69, 9.17) is 0 Å². The van der Waals surface area contributed by atoms with E-state index in [-0.39, 0.29) is 0 Å². The molecule has 0 aromatic carbocycles. The standard InChI is InChI=1S/C17H35N3/c1-6-18-16-8-7-13(2)9-15(16)11-20-10-14(3)17(12-20)19(4)5/h13-18H,6-12H2,1-5H3. The van der Waals surface area contributed by atoms with E-state index < -0.39 is 0 Å². The Labute approximate surface area is 126 Å². The normalized spacial score (nSPS) is 39.6. The first-order chi connectivity index (χ1) is 9.51. The van der Waals surface area contributed by atoms with Gasteiger partial charge in [0, 0.05) is 31.7 Å². The Morgan fingerprint density at radius 1 is 1.15 bits per heavy atom. The van der Waals surface area contributed by atoms with Crippen molar-refractivity contribution in [2.75, 3.05) is 40.3 Å². The molecule has 20 heavy (non-hydrogen) atoms. The molecule has 1 saturated carbocycles. The van der Waals surface area contributed by atoms with Gasteiger partial charge in [-0.1, -0.05) is 20.8 Å². The lowest BCUT2D eigenvalue weighted by molar-refractivity contribution is 0.155. The Morgan fingerprint density at radius 2 is 1.90 bits per heavy atom. The molecule has 5 atom stereocenters. The van der Waals surface area contributed by atoms with Gasteiger partial charge in [0.05, 0.1) is 0 Å². The van der Waals surface area contributed by atoms with Crippen molar-refractivity contribution < 1.29 is 0 Å². The first-order valence-corrected chi connectivity index (χ1v) is 8.63. The lowest BCUT2D eigenvalue weighted by Crippen LogP contribution is -2.45. The van der Waals surface area contributed by atoms with E-state index in [1.165, 1.54) is 38.9 Å². The lowest BCUT2D eigenvalue weighted by Gasteiger charge is -2.37. The minimum absolute atomic E-state index is 0.744. The summed E-state index contributed by atoms with van der Waals surface area (Å²) in [6.07, 6.45) is 4.19. The van der Waals surface area contributed by atoms with Gasteiger partial charge in [-0.2, -0.15) is 0 Å². The number of hydrogen-bond acceptors (Lipinski definition) is 3. The summed E-state index contributed by atoms with van der Waals surface area (Å²) in [5.74, 6) is 2.58. The molecule has 2 fully saturated rings. The maximum absolute atomic E-state index is 3.74. The number of hydrogen-bond donors (Lipinski definition) is 1. The van der Waals surface area contributed by atoms with Crippen LogP contribution in [-0.2, 0) is 0 Å². The number of likely N-dealkylation sites (tertiary alicyclic amines) is 1. The van der Waals surface area contributed by atoms with Gasteiger partial charge in [-0.05, 0) is 57.7 Å². The summed E-state index contributed by atoms with van der Waals surface area (Å²) in [6, 6.07) is 1.50. The summed E-state index contributed by atoms with van der Waals surface area (Å²) in [4.78, 5) is 5.14. The van der Waals surface area contributed by atoms with Gasteiger partial charge in [-0.3, -0.25) is 0 Å². The van der Waals surface area contributed by atoms with Gasteiger partial charge in [0.2, 0.25) is 0 Å². The van der Waals surface area contributed by atoms with E-state index in [0.29, 0.717) is 0 Å². The minimum atomic E-state index is 0.744. The summed E-state index contributed by atoms with van der Waals surface area (Å²) >= 11 is 0. The third-order valence-corrected chi connectivity index (χ3v) is 5.52. The SMILES string of the molecule is CCNC1CCC(C)CC1CN1CC(C)C(N(C)C)C1. The molecule has 2 aliphatic rings. The maximum Gasteiger partial charge on any atom is 0.0254 e. The van der Waals surface area contributed by atoms with E-state index in [1.54, 1.807) is 0 Å². The van der Waals surface area contributed by atoms with Crippen LogP contribution in [0.1, 0.15) is 40.0 Å². The Bertz CT molecular complexity index is 292. The van der Waals surface area contributed by atoms with Gasteiger partial charge < -0.3 is 15.1 Å². The Morgan fingerprint density at radius 3 is 2.50 bits per heavy atom. The molecule has 0 bridgehead atoms. The maximum atomic E-state index is 3.74. The fourth-order valence-corrected chi connectivity index (χ4v) is 4.43. The van der Waals surface area contributed by atoms with Crippen LogP contribution in [0.2, 0.25) is 0 Å². The predicted molar refractivity (Wildman–Crippen MR) is 87.0 cm³/mol. The summed E-state index contributed by atoms with van der Waals surface area (Å²) in [5, 5.41) is 3.74. The van der Waals surface area contributed by atoms with E-state index in [9.17, 15) is 0 Å². The number of nitrogens with zero attached hydrogens (tertiary/aromatic N) is 2. The van der Waals surface area contributed by atoms with Crippen molar-refractivity contribution in [3.05, 3.63) is 0 Å². The highest BCUT2D eigenvalue weighted by atomic mass is 15.2. The quantitative estimate of drug-likeness (QED) is 0.834. The second kappa shape index (κ2) is 7.24. The predicted octanol–water partition coefficient (Wildman–Crippen LogP) is 2.28. The van der Waals surface area contributed by atoms with Crippen LogP contribution in [0.4, 0.5) is 0 Å². The molecule has 0 spiro atoms. The molecule has 3 heteroatoms. The van der Waals surface area contributed by atoms with E-state index in [0.717, 1.165) is 36.4 Å². The number of nitrogens with one attached hydrogen (secondary N) is 1. The molecule has 1 aliphatic heterocycles. The van der Waals surface area contributed by atoms with Crippen LogP contribution >= 0.6 is 0 Å². The molecule has 2 rings (SSSR count). The van der Waals surface area contributed by atoms with Crippen LogP contribution in [0.15, 0.2) is 0 Å². The molecular weight excluding hydrogens is 246 g/mol. The van der Waals surface area contributed by atoms with Crippen LogP contribution in [0.25, 0.3) is 0 Å². The molecule has 0 aromatic rings. The summed E-state index contributed by atoms with van der Waals surface area (Å²) in [5.41, 5.74) is 0. The summed E-state index contributed by atoms with van der Waals surface area (Å²) in [6.45, 7) is 12.1. The van der Waals surface area contributed by atoms with Crippen molar-refractivity contribution >= 4 is 0 Å². The molecule has 0 amide bonds. The molecule has 0 radical (unpaired) electrons. The highest BCUT2D eigenvalue weighted by Gasteiger charge is 2.35.